The molecule has 1 aliphatic rings. The number of hydrogen-bond acceptors (Lipinski definition) is 4. The van der Waals surface area contributed by atoms with Crippen LogP contribution in [-0.4, -0.2) is 30.0 Å². The number of carbonyl (C=O) groups excluding carboxylic acids is 1. The average molecular weight is 324 g/mol. The fraction of sp³-hybridized carbons (Fsp3) is 0.368. The SMILES string of the molecule is NC(CC(=O)NC1CCN(c2ccccn2)CC1)c1ccccc1. The third kappa shape index (κ3) is 4.32. The molecule has 2 aromatic rings. The Morgan fingerprint density at radius 2 is 1.88 bits per heavy atom. The smallest absolute Gasteiger partial charge is 0.222 e. The Labute approximate surface area is 142 Å². The summed E-state index contributed by atoms with van der Waals surface area (Å²) in [6.07, 6.45) is 4.00. The molecule has 3 rings (SSSR count). The van der Waals surface area contributed by atoms with E-state index in [4.69, 9.17) is 5.73 Å². The van der Waals surface area contributed by atoms with E-state index in [1.54, 1.807) is 0 Å². The number of rotatable bonds is 5. The molecule has 1 saturated heterocycles. The highest BCUT2D eigenvalue weighted by Crippen LogP contribution is 2.18. The molecule has 126 valence electrons. The minimum absolute atomic E-state index is 0.0302. The van der Waals surface area contributed by atoms with E-state index in [2.05, 4.69) is 15.2 Å². The van der Waals surface area contributed by atoms with E-state index in [0.29, 0.717) is 6.42 Å². The van der Waals surface area contributed by atoms with Crippen molar-refractivity contribution in [2.45, 2.75) is 31.3 Å². The van der Waals surface area contributed by atoms with Gasteiger partial charge in [0.15, 0.2) is 0 Å². The van der Waals surface area contributed by atoms with Crippen molar-refractivity contribution in [2.75, 3.05) is 18.0 Å². The summed E-state index contributed by atoms with van der Waals surface area (Å²) in [4.78, 5) is 18.9. The van der Waals surface area contributed by atoms with Gasteiger partial charge in [-0.1, -0.05) is 36.4 Å². The van der Waals surface area contributed by atoms with Gasteiger partial charge in [-0.2, -0.15) is 0 Å². The average Bonchev–Trinajstić information content (AvgIpc) is 2.64. The van der Waals surface area contributed by atoms with Gasteiger partial charge >= 0.3 is 0 Å². The number of carbonyl (C=O) groups is 1. The van der Waals surface area contributed by atoms with Crippen molar-refractivity contribution in [2.24, 2.45) is 5.73 Å². The summed E-state index contributed by atoms with van der Waals surface area (Å²) >= 11 is 0. The molecule has 2 heterocycles. The minimum atomic E-state index is -0.250. The van der Waals surface area contributed by atoms with Crippen LogP contribution in [0.15, 0.2) is 54.7 Å². The lowest BCUT2D eigenvalue weighted by atomic mass is 10.0. The predicted octanol–water partition coefficient (Wildman–Crippen LogP) is 2.26. The molecule has 0 saturated carbocycles. The Bertz CT molecular complexity index is 639. The lowest BCUT2D eigenvalue weighted by molar-refractivity contribution is -0.122. The fourth-order valence-corrected chi connectivity index (χ4v) is 3.10. The number of benzene rings is 1. The topological polar surface area (TPSA) is 71.2 Å². The van der Waals surface area contributed by atoms with Crippen molar-refractivity contribution in [1.29, 1.82) is 0 Å². The molecule has 1 aromatic carbocycles. The van der Waals surface area contributed by atoms with Gasteiger partial charge in [0.1, 0.15) is 5.82 Å². The van der Waals surface area contributed by atoms with E-state index < -0.39 is 0 Å². The predicted molar refractivity (Wildman–Crippen MR) is 95.6 cm³/mol. The first-order valence-electron chi connectivity index (χ1n) is 8.48. The zero-order valence-electron chi connectivity index (χ0n) is 13.8. The van der Waals surface area contributed by atoms with Gasteiger partial charge in [-0.15, -0.1) is 0 Å². The maximum atomic E-state index is 12.2. The molecule has 0 aliphatic carbocycles. The monoisotopic (exact) mass is 324 g/mol. The fourth-order valence-electron chi connectivity index (χ4n) is 3.10. The van der Waals surface area contributed by atoms with Crippen molar-refractivity contribution >= 4 is 11.7 Å². The van der Waals surface area contributed by atoms with E-state index >= 15 is 0 Å². The van der Waals surface area contributed by atoms with Crippen molar-refractivity contribution < 1.29 is 4.79 Å². The third-order valence-electron chi connectivity index (χ3n) is 4.47. The lowest BCUT2D eigenvalue weighted by Crippen LogP contribution is -2.45. The normalized spacial score (nSPS) is 16.6. The number of nitrogens with zero attached hydrogens (tertiary/aromatic N) is 2. The maximum Gasteiger partial charge on any atom is 0.222 e. The van der Waals surface area contributed by atoms with Gasteiger partial charge in [0.2, 0.25) is 5.91 Å². The molecule has 1 aromatic heterocycles. The van der Waals surface area contributed by atoms with Crippen LogP contribution in [0.25, 0.3) is 0 Å². The highest BCUT2D eigenvalue weighted by Gasteiger charge is 2.22. The van der Waals surface area contributed by atoms with Crippen LogP contribution in [-0.2, 0) is 4.79 Å². The first kappa shape index (κ1) is 16.5. The molecule has 0 spiro atoms. The van der Waals surface area contributed by atoms with Crippen molar-refractivity contribution in [3.63, 3.8) is 0 Å². The number of aromatic nitrogens is 1. The van der Waals surface area contributed by atoms with Crippen LogP contribution in [0, 0.1) is 0 Å². The summed E-state index contributed by atoms with van der Waals surface area (Å²) in [7, 11) is 0. The van der Waals surface area contributed by atoms with Gasteiger partial charge in [-0.25, -0.2) is 4.98 Å². The molecule has 24 heavy (non-hydrogen) atoms. The summed E-state index contributed by atoms with van der Waals surface area (Å²) < 4.78 is 0. The first-order chi connectivity index (χ1) is 11.7. The molecule has 1 atom stereocenters. The molecule has 5 heteroatoms. The van der Waals surface area contributed by atoms with Crippen LogP contribution >= 0.6 is 0 Å². The van der Waals surface area contributed by atoms with Gasteiger partial charge in [0.05, 0.1) is 0 Å². The molecule has 1 amide bonds. The van der Waals surface area contributed by atoms with Crippen molar-refractivity contribution in [1.82, 2.24) is 10.3 Å². The van der Waals surface area contributed by atoms with Crippen LogP contribution in [0.4, 0.5) is 5.82 Å². The van der Waals surface area contributed by atoms with Crippen molar-refractivity contribution in [3.05, 3.63) is 60.3 Å². The quantitative estimate of drug-likeness (QED) is 0.885. The number of piperidine rings is 1. The zero-order valence-corrected chi connectivity index (χ0v) is 13.8. The Hall–Kier alpha value is -2.40. The highest BCUT2D eigenvalue weighted by molar-refractivity contribution is 5.77. The van der Waals surface area contributed by atoms with E-state index in [0.717, 1.165) is 37.3 Å². The summed E-state index contributed by atoms with van der Waals surface area (Å²) in [5, 5.41) is 3.13. The Balaban J connectivity index is 1.45. The number of anilines is 1. The van der Waals surface area contributed by atoms with Crippen LogP contribution in [0.3, 0.4) is 0 Å². The standard InChI is InChI=1S/C19H24N4O/c20-17(15-6-2-1-3-7-15)14-19(24)22-16-9-12-23(13-10-16)18-8-4-5-11-21-18/h1-8,11,16-17H,9-10,12-14,20H2,(H,22,24). The van der Waals surface area contributed by atoms with Crippen molar-refractivity contribution in [3.8, 4) is 0 Å². The lowest BCUT2D eigenvalue weighted by Gasteiger charge is -2.33. The number of hydrogen-bond donors (Lipinski definition) is 2. The summed E-state index contributed by atoms with van der Waals surface area (Å²) in [5.41, 5.74) is 7.12. The number of amides is 1. The minimum Gasteiger partial charge on any atom is -0.356 e. The molecule has 1 unspecified atom stereocenters. The second kappa shape index (κ2) is 7.93. The third-order valence-corrected chi connectivity index (χ3v) is 4.47. The van der Waals surface area contributed by atoms with E-state index in [1.807, 2.05) is 54.7 Å². The van der Waals surface area contributed by atoms with Gasteiger partial charge in [0.25, 0.3) is 0 Å². The van der Waals surface area contributed by atoms with E-state index in [1.165, 1.54) is 0 Å². The maximum absolute atomic E-state index is 12.2. The molecule has 1 aliphatic heterocycles. The zero-order chi connectivity index (χ0) is 16.8. The van der Waals surface area contributed by atoms with Gasteiger partial charge in [0, 0.05) is 37.8 Å². The van der Waals surface area contributed by atoms with Gasteiger partial charge in [-0.3, -0.25) is 4.79 Å². The van der Waals surface area contributed by atoms with Crippen LogP contribution < -0.4 is 16.0 Å². The van der Waals surface area contributed by atoms with Crippen LogP contribution in [0.1, 0.15) is 30.9 Å². The molecular weight excluding hydrogens is 300 g/mol. The number of nitrogens with two attached hydrogens (primary N) is 1. The Morgan fingerprint density at radius 1 is 1.17 bits per heavy atom. The largest absolute Gasteiger partial charge is 0.356 e. The van der Waals surface area contributed by atoms with Gasteiger partial charge < -0.3 is 16.0 Å². The first-order valence-corrected chi connectivity index (χ1v) is 8.48. The van der Waals surface area contributed by atoms with Gasteiger partial charge in [-0.05, 0) is 30.5 Å². The number of pyridine rings is 1. The molecule has 0 radical (unpaired) electrons. The van der Waals surface area contributed by atoms with E-state index in [-0.39, 0.29) is 18.0 Å². The molecular formula is C19H24N4O. The van der Waals surface area contributed by atoms with Crippen LogP contribution in [0.5, 0.6) is 0 Å². The summed E-state index contributed by atoms with van der Waals surface area (Å²) in [5.74, 6) is 1.04. The Morgan fingerprint density at radius 3 is 2.54 bits per heavy atom. The molecule has 5 nitrogen and oxygen atoms in total. The molecule has 1 fully saturated rings. The Kier molecular flexibility index (Phi) is 5.43. The second-order valence-corrected chi connectivity index (χ2v) is 6.24. The second-order valence-electron chi connectivity index (χ2n) is 6.24. The number of nitrogens with one attached hydrogen (secondary N) is 1. The summed E-state index contributed by atoms with van der Waals surface area (Å²) in [6.45, 7) is 1.82. The highest BCUT2D eigenvalue weighted by atomic mass is 16.1. The molecule has 0 bridgehead atoms. The van der Waals surface area contributed by atoms with Crippen LogP contribution in [0.2, 0.25) is 0 Å². The summed E-state index contributed by atoms with van der Waals surface area (Å²) in [6, 6.07) is 15.7. The molecule has 3 N–H and O–H groups in total. The van der Waals surface area contributed by atoms with E-state index in [9.17, 15) is 4.79 Å².